The lowest BCUT2D eigenvalue weighted by Crippen LogP contribution is -2.47. The second-order valence-electron chi connectivity index (χ2n) is 6.27. The van der Waals surface area contributed by atoms with Gasteiger partial charge < -0.3 is 9.80 Å². The first-order valence-electron chi connectivity index (χ1n) is 8.82. The number of hydrogen-bond donors (Lipinski definition) is 0. The van der Waals surface area contributed by atoms with Gasteiger partial charge in [0.1, 0.15) is 5.52 Å². The van der Waals surface area contributed by atoms with Crippen LogP contribution in [0.25, 0.3) is 21.6 Å². The summed E-state index contributed by atoms with van der Waals surface area (Å²) >= 11 is 1.72. The van der Waals surface area contributed by atoms with E-state index in [1.165, 1.54) is 4.70 Å². The molecule has 1 saturated heterocycles. The van der Waals surface area contributed by atoms with Gasteiger partial charge in [0.15, 0.2) is 5.13 Å². The molecule has 1 aliphatic rings. The summed E-state index contributed by atoms with van der Waals surface area (Å²) in [4.78, 5) is 27.0. The minimum absolute atomic E-state index is 0.756. The first-order chi connectivity index (χ1) is 13.4. The number of aromatic nitrogens is 5. The maximum absolute atomic E-state index is 4.71. The Morgan fingerprint density at radius 3 is 2.48 bits per heavy atom. The van der Waals surface area contributed by atoms with Gasteiger partial charge in [-0.05, 0) is 24.3 Å². The number of hydrogen-bond acceptors (Lipinski definition) is 8. The number of rotatable bonds is 3. The van der Waals surface area contributed by atoms with E-state index >= 15 is 0 Å². The fourth-order valence-electron chi connectivity index (χ4n) is 3.16. The van der Waals surface area contributed by atoms with Crippen LogP contribution in [0.5, 0.6) is 0 Å². The number of piperazine rings is 1. The van der Waals surface area contributed by atoms with Crippen molar-refractivity contribution in [3.63, 3.8) is 0 Å². The Balaban J connectivity index is 1.32. The Morgan fingerprint density at radius 2 is 1.67 bits per heavy atom. The number of pyridine rings is 2. The van der Waals surface area contributed by atoms with Gasteiger partial charge in [-0.25, -0.2) is 15.0 Å². The lowest BCUT2D eigenvalue weighted by atomic mass is 10.2. The van der Waals surface area contributed by atoms with Gasteiger partial charge in [-0.1, -0.05) is 17.4 Å². The van der Waals surface area contributed by atoms with Crippen molar-refractivity contribution in [1.82, 2.24) is 24.9 Å². The van der Waals surface area contributed by atoms with Gasteiger partial charge in [-0.2, -0.15) is 0 Å². The highest BCUT2D eigenvalue weighted by Gasteiger charge is 2.21. The first-order valence-corrected chi connectivity index (χ1v) is 9.63. The van der Waals surface area contributed by atoms with Crippen LogP contribution in [0, 0.1) is 0 Å². The minimum atomic E-state index is 0.756. The number of anilines is 2. The third kappa shape index (κ3) is 3.19. The highest BCUT2D eigenvalue weighted by molar-refractivity contribution is 7.22. The summed E-state index contributed by atoms with van der Waals surface area (Å²) in [5.74, 6) is 0.756. The molecule has 0 saturated carbocycles. The molecule has 4 aromatic rings. The Morgan fingerprint density at radius 1 is 0.778 bits per heavy atom. The van der Waals surface area contributed by atoms with Gasteiger partial charge in [0.05, 0.1) is 22.3 Å². The van der Waals surface area contributed by atoms with Gasteiger partial charge in [-0.15, -0.1) is 0 Å². The highest BCUT2D eigenvalue weighted by atomic mass is 32.1. The summed E-state index contributed by atoms with van der Waals surface area (Å²) in [7, 11) is 0. The third-order valence-corrected chi connectivity index (χ3v) is 5.68. The third-order valence-electron chi connectivity index (χ3n) is 4.58. The zero-order valence-corrected chi connectivity index (χ0v) is 15.4. The number of nitrogens with zero attached hydrogens (tertiary/aromatic N) is 7. The number of fused-ring (bicyclic) bond motifs is 1. The normalized spacial score (nSPS) is 14.7. The van der Waals surface area contributed by atoms with Crippen LogP contribution in [-0.4, -0.2) is 51.1 Å². The molecular weight excluding hydrogens is 358 g/mol. The van der Waals surface area contributed by atoms with E-state index in [9.17, 15) is 0 Å². The van der Waals surface area contributed by atoms with Gasteiger partial charge >= 0.3 is 0 Å². The Bertz CT molecular complexity index is 1020. The predicted molar refractivity (Wildman–Crippen MR) is 107 cm³/mol. The summed E-state index contributed by atoms with van der Waals surface area (Å²) in [6.45, 7) is 3.51. The molecule has 0 radical (unpaired) electrons. The lowest BCUT2D eigenvalue weighted by Gasteiger charge is -2.34. The molecule has 4 aromatic heterocycles. The van der Waals surface area contributed by atoms with Crippen LogP contribution in [0.15, 0.2) is 55.1 Å². The molecule has 5 heterocycles. The van der Waals surface area contributed by atoms with Crippen molar-refractivity contribution in [1.29, 1.82) is 0 Å². The van der Waals surface area contributed by atoms with Crippen LogP contribution in [0.4, 0.5) is 11.1 Å². The maximum Gasteiger partial charge on any atom is 0.226 e. The largest absolute Gasteiger partial charge is 0.345 e. The van der Waals surface area contributed by atoms with Crippen molar-refractivity contribution in [3.8, 4) is 11.4 Å². The molecule has 27 heavy (non-hydrogen) atoms. The Labute approximate surface area is 160 Å². The molecule has 0 aromatic carbocycles. The summed E-state index contributed by atoms with van der Waals surface area (Å²) in [6.07, 6.45) is 7.22. The molecule has 0 spiro atoms. The van der Waals surface area contributed by atoms with E-state index in [0.29, 0.717) is 0 Å². The van der Waals surface area contributed by atoms with E-state index in [1.807, 2.05) is 42.7 Å². The Hall–Kier alpha value is -3.13. The van der Waals surface area contributed by atoms with Crippen LogP contribution in [0.3, 0.4) is 0 Å². The fourth-order valence-corrected chi connectivity index (χ4v) is 4.14. The van der Waals surface area contributed by atoms with Crippen molar-refractivity contribution in [2.75, 3.05) is 36.0 Å². The summed E-state index contributed by atoms with van der Waals surface area (Å²) in [5, 5.41) is 1.06. The zero-order chi connectivity index (χ0) is 18.1. The van der Waals surface area contributed by atoms with E-state index in [-0.39, 0.29) is 0 Å². The molecule has 0 aliphatic carbocycles. The van der Waals surface area contributed by atoms with E-state index in [0.717, 1.165) is 54.2 Å². The summed E-state index contributed by atoms with van der Waals surface area (Å²) in [6, 6.07) is 9.76. The zero-order valence-electron chi connectivity index (χ0n) is 14.6. The van der Waals surface area contributed by atoms with E-state index in [4.69, 9.17) is 9.97 Å². The summed E-state index contributed by atoms with van der Waals surface area (Å²) in [5.41, 5.74) is 2.68. The molecule has 1 fully saturated rings. The average Bonchev–Trinajstić information content (AvgIpc) is 3.19. The van der Waals surface area contributed by atoms with Crippen molar-refractivity contribution in [3.05, 3.63) is 55.1 Å². The average molecular weight is 375 g/mol. The standard InChI is InChI=1S/C19H17N7S/c1-2-6-21-14(3-1)15-4-8-22-18(23-15)25-9-11-26(12-10-25)19-24-16-13-20-7-5-17(16)27-19/h1-8,13H,9-12H2. The van der Waals surface area contributed by atoms with Crippen LogP contribution in [-0.2, 0) is 0 Å². The second kappa shape index (κ2) is 6.88. The van der Waals surface area contributed by atoms with E-state index < -0.39 is 0 Å². The molecule has 0 atom stereocenters. The maximum atomic E-state index is 4.71. The smallest absolute Gasteiger partial charge is 0.226 e. The molecule has 134 valence electrons. The first kappa shape index (κ1) is 16.1. The molecule has 5 rings (SSSR count). The molecular formula is C19H17N7S. The topological polar surface area (TPSA) is 70.9 Å². The van der Waals surface area contributed by atoms with Gasteiger partial charge in [-0.3, -0.25) is 9.97 Å². The molecule has 0 bridgehead atoms. The van der Waals surface area contributed by atoms with Gasteiger partial charge in [0, 0.05) is 44.8 Å². The lowest BCUT2D eigenvalue weighted by molar-refractivity contribution is 0.639. The molecule has 1 aliphatic heterocycles. The van der Waals surface area contributed by atoms with Crippen LogP contribution < -0.4 is 9.80 Å². The SMILES string of the molecule is c1ccc(-c2ccnc(N3CCN(c4nc5cnccc5s4)CC3)n2)nc1. The quantitative estimate of drug-likeness (QED) is 0.545. The fraction of sp³-hybridized carbons (Fsp3) is 0.211. The van der Waals surface area contributed by atoms with Crippen LogP contribution in [0.1, 0.15) is 0 Å². The minimum Gasteiger partial charge on any atom is -0.345 e. The molecule has 0 amide bonds. The number of thiazole rings is 1. The van der Waals surface area contributed by atoms with E-state index in [2.05, 4.69) is 24.8 Å². The second-order valence-corrected chi connectivity index (χ2v) is 7.28. The Kier molecular flexibility index (Phi) is 4.10. The molecule has 0 N–H and O–H groups in total. The van der Waals surface area contributed by atoms with Crippen molar-refractivity contribution >= 4 is 32.6 Å². The van der Waals surface area contributed by atoms with Crippen molar-refractivity contribution < 1.29 is 0 Å². The molecule has 0 unspecified atom stereocenters. The van der Waals surface area contributed by atoms with Gasteiger partial charge in [0.2, 0.25) is 5.95 Å². The van der Waals surface area contributed by atoms with Gasteiger partial charge in [0.25, 0.3) is 0 Å². The highest BCUT2D eigenvalue weighted by Crippen LogP contribution is 2.29. The molecule has 8 heteroatoms. The van der Waals surface area contributed by atoms with Crippen molar-refractivity contribution in [2.24, 2.45) is 0 Å². The predicted octanol–water partition coefficient (Wildman–Crippen LogP) is 2.87. The van der Waals surface area contributed by atoms with E-state index in [1.54, 1.807) is 23.7 Å². The molecule has 7 nitrogen and oxygen atoms in total. The monoisotopic (exact) mass is 375 g/mol. The van der Waals surface area contributed by atoms with Crippen molar-refractivity contribution in [2.45, 2.75) is 0 Å². The van der Waals surface area contributed by atoms with Crippen LogP contribution in [0.2, 0.25) is 0 Å². The summed E-state index contributed by atoms with van der Waals surface area (Å²) < 4.78 is 1.17. The van der Waals surface area contributed by atoms with Crippen LogP contribution >= 0.6 is 11.3 Å².